The zero-order valence-corrected chi connectivity index (χ0v) is 11.2. The summed E-state index contributed by atoms with van der Waals surface area (Å²) in [4.78, 5) is 19.7. The fourth-order valence-corrected chi connectivity index (χ4v) is 1.90. The molecule has 0 saturated heterocycles. The van der Waals surface area contributed by atoms with Crippen LogP contribution < -0.4 is 0 Å². The van der Waals surface area contributed by atoms with Crippen LogP contribution in [0.1, 0.15) is 10.4 Å². The number of rotatable bonds is 4. The third-order valence-corrected chi connectivity index (χ3v) is 3.07. The molecular formula is C11H10F3N3O2S. The van der Waals surface area contributed by atoms with E-state index in [1.807, 2.05) is 0 Å². The van der Waals surface area contributed by atoms with Crippen molar-refractivity contribution in [2.75, 3.05) is 12.4 Å². The van der Waals surface area contributed by atoms with Crippen molar-refractivity contribution < 1.29 is 22.7 Å². The lowest BCUT2D eigenvalue weighted by molar-refractivity contribution is -0.0331. The van der Waals surface area contributed by atoms with Crippen molar-refractivity contribution in [2.24, 2.45) is 7.05 Å². The maximum Gasteiger partial charge on any atom is 0.441 e. The number of hydrogen-bond acceptors (Lipinski definition) is 5. The number of fused-ring (bicyclic) bond motifs is 1. The largest absolute Gasteiger partial charge is 0.461 e. The molecule has 9 heteroatoms. The zero-order chi connectivity index (χ0) is 14.8. The van der Waals surface area contributed by atoms with Crippen molar-refractivity contribution in [3.05, 3.63) is 24.2 Å². The van der Waals surface area contributed by atoms with Gasteiger partial charge in [0.2, 0.25) is 0 Å². The predicted molar refractivity (Wildman–Crippen MR) is 67.3 cm³/mol. The lowest BCUT2D eigenvalue weighted by Crippen LogP contribution is -2.11. The highest BCUT2D eigenvalue weighted by atomic mass is 32.2. The standard InChI is InChI=1S/C11H10F3N3O2S/c1-17-6-16-8-4-7(5-15-9(8)17)10(18)19-2-3-20-11(12,13)14/h4-6H,2-3H2,1H3. The van der Waals surface area contributed by atoms with Crippen LogP contribution in [0.3, 0.4) is 0 Å². The van der Waals surface area contributed by atoms with Gasteiger partial charge in [-0.3, -0.25) is 0 Å². The lowest BCUT2D eigenvalue weighted by atomic mass is 10.3. The smallest absolute Gasteiger partial charge is 0.441 e. The molecule has 20 heavy (non-hydrogen) atoms. The van der Waals surface area contributed by atoms with Gasteiger partial charge in [-0.15, -0.1) is 0 Å². The Hall–Kier alpha value is -1.77. The van der Waals surface area contributed by atoms with Gasteiger partial charge in [0.1, 0.15) is 12.1 Å². The van der Waals surface area contributed by atoms with Gasteiger partial charge in [-0.2, -0.15) is 13.2 Å². The SMILES string of the molecule is Cn1cnc2cc(C(=O)OCCSC(F)(F)F)cnc21. The summed E-state index contributed by atoms with van der Waals surface area (Å²) in [7, 11) is 1.76. The average Bonchev–Trinajstić information content (AvgIpc) is 2.74. The molecule has 0 bridgehead atoms. The van der Waals surface area contributed by atoms with Gasteiger partial charge in [-0.25, -0.2) is 14.8 Å². The number of thioether (sulfide) groups is 1. The van der Waals surface area contributed by atoms with Crippen molar-refractivity contribution in [2.45, 2.75) is 5.51 Å². The second-order valence-corrected chi connectivity index (χ2v) is 5.01. The highest BCUT2D eigenvalue weighted by molar-refractivity contribution is 8.00. The van der Waals surface area contributed by atoms with Gasteiger partial charge in [-0.05, 0) is 17.8 Å². The molecule has 0 unspecified atom stereocenters. The molecule has 2 heterocycles. The quantitative estimate of drug-likeness (QED) is 0.641. The van der Waals surface area contributed by atoms with Crippen molar-refractivity contribution in [1.29, 1.82) is 0 Å². The number of carbonyl (C=O) groups excluding carboxylic acids is 1. The number of hydrogen-bond donors (Lipinski definition) is 0. The Morgan fingerprint density at radius 3 is 2.90 bits per heavy atom. The van der Waals surface area contributed by atoms with Crippen LogP contribution in [0.5, 0.6) is 0 Å². The minimum atomic E-state index is -4.32. The summed E-state index contributed by atoms with van der Waals surface area (Å²) >= 11 is -0.232. The van der Waals surface area contributed by atoms with E-state index in [0.29, 0.717) is 11.2 Å². The number of aromatic nitrogens is 3. The number of pyridine rings is 1. The van der Waals surface area contributed by atoms with Crippen LogP contribution in [0.15, 0.2) is 18.6 Å². The summed E-state index contributed by atoms with van der Waals surface area (Å²) in [5, 5.41) is 0. The number of aryl methyl sites for hydroxylation is 1. The molecular weight excluding hydrogens is 295 g/mol. The minimum absolute atomic E-state index is 0.160. The number of imidazole rings is 1. The summed E-state index contributed by atoms with van der Waals surface area (Å²) in [5.74, 6) is -1.05. The molecule has 5 nitrogen and oxygen atoms in total. The Morgan fingerprint density at radius 2 is 2.20 bits per heavy atom. The van der Waals surface area contributed by atoms with Gasteiger partial charge in [0, 0.05) is 19.0 Å². The van der Waals surface area contributed by atoms with Crippen LogP contribution >= 0.6 is 11.8 Å². The van der Waals surface area contributed by atoms with Gasteiger partial charge in [0.25, 0.3) is 0 Å². The molecule has 0 aliphatic rings. The molecule has 108 valence electrons. The topological polar surface area (TPSA) is 57.0 Å². The summed E-state index contributed by atoms with van der Waals surface area (Å²) < 4.78 is 42.1. The Labute approximate surface area is 116 Å². The highest BCUT2D eigenvalue weighted by Crippen LogP contribution is 2.29. The monoisotopic (exact) mass is 305 g/mol. The van der Waals surface area contributed by atoms with E-state index in [0.717, 1.165) is 0 Å². The van der Waals surface area contributed by atoms with E-state index in [-0.39, 0.29) is 29.7 Å². The Balaban J connectivity index is 1.94. The second-order valence-electron chi connectivity index (χ2n) is 3.85. The van der Waals surface area contributed by atoms with Crippen molar-refractivity contribution in [3.8, 4) is 0 Å². The van der Waals surface area contributed by atoms with Crippen LogP contribution in [0.25, 0.3) is 11.2 Å². The first kappa shape index (κ1) is 14.6. The summed E-state index contributed by atoms with van der Waals surface area (Å²) in [6.45, 7) is -0.316. The molecule has 0 aliphatic heterocycles. The molecule has 2 aromatic rings. The normalized spacial score (nSPS) is 11.8. The van der Waals surface area contributed by atoms with Gasteiger partial charge < -0.3 is 9.30 Å². The Bertz CT molecular complexity index is 627. The highest BCUT2D eigenvalue weighted by Gasteiger charge is 2.27. The zero-order valence-electron chi connectivity index (χ0n) is 10.3. The van der Waals surface area contributed by atoms with E-state index >= 15 is 0 Å². The van der Waals surface area contributed by atoms with E-state index < -0.39 is 11.5 Å². The number of carbonyl (C=O) groups is 1. The second kappa shape index (κ2) is 5.70. The number of alkyl halides is 3. The maximum atomic E-state index is 11.9. The Morgan fingerprint density at radius 1 is 1.45 bits per heavy atom. The van der Waals surface area contributed by atoms with Crippen molar-refractivity contribution in [3.63, 3.8) is 0 Å². The van der Waals surface area contributed by atoms with E-state index in [4.69, 9.17) is 4.74 Å². The fraction of sp³-hybridized carbons (Fsp3) is 0.364. The molecule has 0 atom stereocenters. The molecule has 0 fully saturated rings. The van der Waals surface area contributed by atoms with Crippen LogP contribution in [0.4, 0.5) is 13.2 Å². The number of nitrogens with zero attached hydrogens (tertiary/aromatic N) is 3. The van der Waals surface area contributed by atoms with Crippen molar-refractivity contribution >= 4 is 28.9 Å². The third-order valence-electron chi connectivity index (χ3n) is 2.37. The number of esters is 1. The molecule has 0 N–H and O–H groups in total. The average molecular weight is 305 g/mol. The summed E-state index contributed by atoms with van der Waals surface area (Å²) in [6, 6.07) is 1.49. The molecule has 0 amide bonds. The van der Waals surface area contributed by atoms with Crippen LogP contribution in [0.2, 0.25) is 0 Å². The number of ether oxygens (including phenoxy) is 1. The summed E-state index contributed by atoms with van der Waals surface area (Å²) in [5.41, 5.74) is -3.03. The molecule has 2 rings (SSSR count). The fourth-order valence-electron chi connectivity index (χ4n) is 1.50. The third kappa shape index (κ3) is 3.62. The van der Waals surface area contributed by atoms with E-state index in [1.165, 1.54) is 12.3 Å². The molecule has 0 spiro atoms. The minimum Gasteiger partial charge on any atom is -0.461 e. The van der Waals surface area contributed by atoms with Gasteiger partial charge in [0.15, 0.2) is 5.65 Å². The molecule has 0 aliphatic carbocycles. The molecule has 0 aromatic carbocycles. The lowest BCUT2D eigenvalue weighted by Gasteiger charge is -2.06. The first-order valence-electron chi connectivity index (χ1n) is 5.52. The van der Waals surface area contributed by atoms with Crippen LogP contribution in [-0.2, 0) is 11.8 Å². The van der Waals surface area contributed by atoms with E-state index in [9.17, 15) is 18.0 Å². The molecule has 0 radical (unpaired) electrons. The maximum absolute atomic E-state index is 11.9. The molecule has 0 saturated carbocycles. The van der Waals surface area contributed by atoms with Crippen LogP contribution in [0, 0.1) is 0 Å². The summed E-state index contributed by atoms with van der Waals surface area (Å²) in [6.07, 6.45) is 2.86. The van der Waals surface area contributed by atoms with Gasteiger partial charge in [0.05, 0.1) is 11.9 Å². The van der Waals surface area contributed by atoms with Gasteiger partial charge >= 0.3 is 11.5 Å². The number of halogens is 3. The van der Waals surface area contributed by atoms with Gasteiger partial charge in [-0.1, -0.05) is 0 Å². The predicted octanol–water partition coefficient (Wildman–Crippen LogP) is 2.38. The first-order chi connectivity index (χ1) is 9.37. The van der Waals surface area contributed by atoms with Crippen molar-refractivity contribution in [1.82, 2.24) is 14.5 Å². The Kier molecular flexibility index (Phi) is 4.17. The van der Waals surface area contributed by atoms with Crippen LogP contribution in [-0.4, -0.2) is 38.4 Å². The first-order valence-corrected chi connectivity index (χ1v) is 6.50. The van der Waals surface area contributed by atoms with E-state index in [1.54, 1.807) is 17.9 Å². The molecule has 2 aromatic heterocycles. The van der Waals surface area contributed by atoms with E-state index in [2.05, 4.69) is 9.97 Å².